The number of hydrogen-bond acceptors (Lipinski definition) is 3. The van der Waals surface area contributed by atoms with E-state index in [1.54, 1.807) is 12.1 Å². The summed E-state index contributed by atoms with van der Waals surface area (Å²) in [4.78, 5) is 36.6. The van der Waals surface area contributed by atoms with Crippen LogP contribution in [0.1, 0.15) is 24.8 Å². The third-order valence-electron chi connectivity index (χ3n) is 4.30. The SMILES string of the molecule is Cc1ccc(NC(=O)[C@H]2CC(=O)NC3=CCCC(=O)[C@H]32)cc1Cl. The summed E-state index contributed by atoms with van der Waals surface area (Å²) in [5.41, 5.74) is 2.04. The molecule has 3 rings (SSSR count). The van der Waals surface area contributed by atoms with Crippen molar-refractivity contribution in [2.45, 2.75) is 26.2 Å². The van der Waals surface area contributed by atoms with Crippen LogP contribution in [0.25, 0.3) is 0 Å². The van der Waals surface area contributed by atoms with Crippen LogP contribution in [0.2, 0.25) is 5.02 Å². The van der Waals surface area contributed by atoms with Gasteiger partial charge in [0.15, 0.2) is 0 Å². The maximum absolute atomic E-state index is 12.6. The van der Waals surface area contributed by atoms with Gasteiger partial charge in [0.05, 0.1) is 11.8 Å². The maximum atomic E-state index is 12.6. The lowest BCUT2D eigenvalue weighted by molar-refractivity contribution is -0.135. The first-order chi connectivity index (χ1) is 11.0. The number of hydrogen-bond donors (Lipinski definition) is 2. The predicted molar refractivity (Wildman–Crippen MR) is 86.9 cm³/mol. The summed E-state index contributed by atoms with van der Waals surface area (Å²) in [6.07, 6.45) is 2.86. The smallest absolute Gasteiger partial charge is 0.229 e. The van der Waals surface area contributed by atoms with E-state index < -0.39 is 11.8 Å². The van der Waals surface area contributed by atoms with Crippen molar-refractivity contribution in [3.8, 4) is 0 Å². The van der Waals surface area contributed by atoms with Crippen molar-refractivity contribution in [2.75, 3.05) is 5.32 Å². The number of fused-ring (bicyclic) bond motifs is 1. The van der Waals surface area contributed by atoms with Gasteiger partial charge in [-0.1, -0.05) is 23.7 Å². The monoisotopic (exact) mass is 332 g/mol. The molecule has 0 aromatic heterocycles. The van der Waals surface area contributed by atoms with E-state index in [2.05, 4.69) is 10.6 Å². The summed E-state index contributed by atoms with van der Waals surface area (Å²) >= 11 is 6.06. The number of amides is 2. The molecular weight excluding hydrogens is 316 g/mol. The summed E-state index contributed by atoms with van der Waals surface area (Å²) in [5, 5.41) is 6.04. The van der Waals surface area contributed by atoms with Crippen molar-refractivity contribution < 1.29 is 14.4 Å². The third-order valence-corrected chi connectivity index (χ3v) is 4.71. The zero-order valence-corrected chi connectivity index (χ0v) is 13.4. The molecule has 1 fully saturated rings. The second-order valence-electron chi connectivity index (χ2n) is 5.95. The fraction of sp³-hybridized carbons (Fsp3) is 0.353. The number of allylic oxidation sites excluding steroid dienone is 2. The number of rotatable bonds is 2. The molecule has 1 aromatic rings. The standard InChI is InChI=1S/C17H17ClN2O3/c1-9-5-6-10(7-12(9)18)19-17(23)11-8-15(22)20-13-3-2-4-14(21)16(11)13/h3,5-7,11,16H,2,4,8H2,1H3,(H,19,23)(H,20,22)/t11-,16-/m0/s1. The van der Waals surface area contributed by atoms with Gasteiger partial charge in [-0.25, -0.2) is 0 Å². The van der Waals surface area contributed by atoms with E-state index in [4.69, 9.17) is 11.6 Å². The van der Waals surface area contributed by atoms with E-state index in [1.165, 1.54) is 0 Å². The molecule has 0 saturated carbocycles. The molecule has 5 nitrogen and oxygen atoms in total. The lowest BCUT2D eigenvalue weighted by atomic mass is 9.76. The van der Waals surface area contributed by atoms with E-state index in [0.717, 1.165) is 5.56 Å². The van der Waals surface area contributed by atoms with Crippen molar-refractivity contribution in [1.29, 1.82) is 0 Å². The van der Waals surface area contributed by atoms with Gasteiger partial charge in [0.2, 0.25) is 11.8 Å². The van der Waals surface area contributed by atoms with Gasteiger partial charge in [-0.3, -0.25) is 14.4 Å². The van der Waals surface area contributed by atoms with E-state index in [0.29, 0.717) is 29.2 Å². The molecule has 0 spiro atoms. The molecule has 0 bridgehead atoms. The van der Waals surface area contributed by atoms with Crippen LogP contribution in [0.3, 0.4) is 0 Å². The number of nitrogens with one attached hydrogen (secondary N) is 2. The molecule has 1 aliphatic carbocycles. The van der Waals surface area contributed by atoms with Crippen LogP contribution in [-0.4, -0.2) is 17.6 Å². The Bertz CT molecular complexity index is 727. The summed E-state index contributed by atoms with van der Waals surface area (Å²) in [5.74, 6) is -1.79. The summed E-state index contributed by atoms with van der Waals surface area (Å²) in [7, 11) is 0. The Kier molecular flexibility index (Phi) is 4.22. The number of aryl methyl sites for hydroxylation is 1. The second-order valence-corrected chi connectivity index (χ2v) is 6.36. The largest absolute Gasteiger partial charge is 0.329 e. The molecule has 2 aliphatic rings. The molecule has 6 heteroatoms. The van der Waals surface area contributed by atoms with Crippen molar-refractivity contribution in [1.82, 2.24) is 5.32 Å². The van der Waals surface area contributed by atoms with Crippen molar-refractivity contribution in [3.63, 3.8) is 0 Å². The van der Waals surface area contributed by atoms with Gasteiger partial charge < -0.3 is 10.6 Å². The molecule has 23 heavy (non-hydrogen) atoms. The van der Waals surface area contributed by atoms with Crippen LogP contribution in [0, 0.1) is 18.8 Å². The van der Waals surface area contributed by atoms with Gasteiger partial charge in [-0.15, -0.1) is 0 Å². The Morgan fingerprint density at radius 1 is 1.35 bits per heavy atom. The van der Waals surface area contributed by atoms with Crippen molar-refractivity contribution in [2.24, 2.45) is 11.8 Å². The highest BCUT2D eigenvalue weighted by Crippen LogP contribution is 2.33. The number of halogens is 1. The normalized spacial score (nSPS) is 23.7. The predicted octanol–water partition coefficient (Wildman–Crippen LogP) is 2.59. The van der Waals surface area contributed by atoms with E-state index >= 15 is 0 Å². The van der Waals surface area contributed by atoms with Crippen LogP contribution >= 0.6 is 11.6 Å². The molecule has 120 valence electrons. The Morgan fingerprint density at radius 3 is 2.87 bits per heavy atom. The molecule has 2 atom stereocenters. The Balaban J connectivity index is 1.83. The Morgan fingerprint density at radius 2 is 2.13 bits per heavy atom. The average molecular weight is 333 g/mol. The molecule has 1 saturated heterocycles. The number of carbonyl (C=O) groups excluding carboxylic acids is 3. The molecule has 0 radical (unpaired) electrons. The number of Topliss-reactive ketones (excluding diaryl/α,β-unsaturated/α-hetero) is 1. The number of piperidine rings is 1. The van der Waals surface area contributed by atoms with Crippen LogP contribution < -0.4 is 10.6 Å². The first kappa shape index (κ1) is 15.7. The first-order valence-electron chi connectivity index (χ1n) is 7.55. The van der Waals surface area contributed by atoms with Gasteiger partial charge in [-0.2, -0.15) is 0 Å². The lowest BCUT2D eigenvalue weighted by Crippen LogP contribution is -2.47. The Labute approximate surface area is 139 Å². The molecule has 1 aliphatic heterocycles. The van der Waals surface area contributed by atoms with Gasteiger partial charge in [-0.05, 0) is 31.0 Å². The summed E-state index contributed by atoms with van der Waals surface area (Å²) < 4.78 is 0. The zero-order chi connectivity index (χ0) is 16.6. The minimum absolute atomic E-state index is 0.00425. The van der Waals surface area contributed by atoms with Gasteiger partial charge in [0.25, 0.3) is 0 Å². The zero-order valence-electron chi connectivity index (χ0n) is 12.7. The van der Waals surface area contributed by atoms with E-state index in [1.807, 2.05) is 19.1 Å². The number of carbonyl (C=O) groups is 3. The third kappa shape index (κ3) is 3.15. The molecular formula is C17H17ClN2O3. The van der Waals surface area contributed by atoms with Crippen molar-refractivity contribution in [3.05, 3.63) is 40.6 Å². The fourth-order valence-electron chi connectivity index (χ4n) is 3.08. The maximum Gasteiger partial charge on any atom is 0.229 e. The highest BCUT2D eigenvalue weighted by molar-refractivity contribution is 6.31. The minimum Gasteiger partial charge on any atom is -0.329 e. The first-order valence-corrected chi connectivity index (χ1v) is 7.93. The van der Waals surface area contributed by atoms with Gasteiger partial charge in [0.1, 0.15) is 5.78 Å². The van der Waals surface area contributed by atoms with E-state index in [9.17, 15) is 14.4 Å². The average Bonchev–Trinajstić information content (AvgIpc) is 2.50. The summed E-state index contributed by atoms with van der Waals surface area (Å²) in [6, 6.07) is 5.22. The molecule has 2 amide bonds. The topological polar surface area (TPSA) is 75.3 Å². The minimum atomic E-state index is -0.678. The van der Waals surface area contributed by atoms with E-state index in [-0.39, 0.29) is 24.0 Å². The lowest BCUT2D eigenvalue weighted by Gasteiger charge is -2.34. The highest BCUT2D eigenvalue weighted by Gasteiger charge is 2.42. The number of benzene rings is 1. The fourth-order valence-corrected chi connectivity index (χ4v) is 3.26. The number of ketones is 1. The quantitative estimate of drug-likeness (QED) is 0.874. The molecule has 1 heterocycles. The van der Waals surface area contributed by atoms with Crippen molar-refractivity contribution >= 4 is 34.9 Å². The van der Waals surface area contributed by atoms with Crippen LogP contribution in [0.4, 0.5) is 5.69 Å². The molecule has 2 N–H and O–H groups in total. The van der Waals surface area contributed by atoms with Crippen LogP contribution in [0.5, 0.6) is 0 Å². The second kappa shape index (κ2) is 6.16. The Hall–Kier alpha value is -2.14. The highest BCUT2D eigenvalue weighted by atomic mass is 35.5. The molecule has 1 aromatic carbocycles. The van der Waals surface area contributed by atoms with Gasteiger partial charge in [0, 0.05) is 29.2 Å². The number of anilines is 1. The van der Waals surface area contributed by atoms with Crippen LogP contribution in [-0.2, 0) is 14.4 Å². The van der Waals surface area contributed by atoms with Gasteiger partial charge >= 0.3 is 0 Å². The molecule has 0 unspecified atom stereocenters. The summed E-state index contributed by atoms with van der Waals surface area (Å²) in [6.45, 7) is 1.87. The van der Waals surface area contributed by atoms with Crippen LogP contribution in [0.15, 0.2) is 30.0 Å².